The van der Waals surface area contributed by atoms with Crippen LogP contribution in [0.4, 0.5) is 5.82 Å². The highest BCUT2D eigenvalue weighted by molar-refractivity contribution is 5.36. The van der Waals surface area contributed by atoms with Crippen molar-refractivity contribution in [3.63, 3.8) is 0 Å². The molecule has 5 nitrogen and oxygen atoms in total. The Morgan fingerprint density at radius 3 is 3.10 bits per heavy atom. The van der Waals surface area contributed by atoms with Gasteiger partial charge in [-0.3, -0.25) is 4.68 Å². The first kappa shape index (κ1) is 14.1. The number of aromatic nitrogens is 3. The minimum atomic E-state index is 0.713. The molecular weight excluding hydrogens is 262 g/mol. The number of likely N-dealkylation sites (tertiary alicyclic amines) is 1. The molecule has 21 heavy (non-hydrogen) atoms. The van der Waals surface area contributed by atoms with E-state index in [1.54, 1.807) is 0 Å². The van der Waals surface area contributed by atoms with Gasteiger partial charge in [-0.15, -0.1) is 0 Å². The van der Waals surface area contributed by atoms with Gasteiger partial charge >= 0.3 is 0 Å². The molecule has 5 heteroatoms. The Kier molecular flexibility index (Phi) is 4.50. The Morgan fingerprint density at radius 2 is 2.29 bits per heavy atom. The number of aryl methyl sites for hydroxylation is 1. The van der Waals surface area contributed by atoms with E-state index >= 15 is 0 Å². The van der Waals surface area contributed by atoms with Crippen molar-refractivity contribution in [3.8, 4) is 0 Å². The number of hydrogen-bond donors (Lipinski definition) is 1. The highest BCUT2D eigenvalue weighted by Crippen LogP contribution is 2.17. The molecule has 0 spiro atoms. The van der Waals surface area contributed by atoms with E-state index in [0.29, 0.717) is 5.92 Å². The van der Waals surface area contributed by atoms with Crippen molar-refractivity contribution in [1.82, 2.24) is 19.7 Å². The Bertz CT molecular complexity index is 552. The van der Waals surface area contributed by atoms with Gasteiger partial charge in [0.05, 0.1) is 6.54 Å². The molecule has 1 fully saturated rings. The average Bonchev–Trinajstić information content (AvgIpc) is 3.15. The summed E-state index contributed by atoms with van der Waals surface area (Å²) in [5.74, 6) is 1.70. The molecule has 1 atom stereocenters. The summed E-state index contributed by atoms with van der Waals surface area (Å²) < 4.78 is 2.00. The molecule has 0 radical (unpaired) electrons. The van der Waals surface area contributed by atoms with Gasteiger partial charge in [-0.2, -0.15) is 5.10 Å². The topological polar surface area (TPSA) is 46.0 Å². The van der Waals surface area contributed by atoms with Crippen molar-refractivity contribution in [2.75, 3.05) is 31.5 Å². The summed E-state index contributed by atoms with van der Waals surface area (Å²) >= 11 is 0. The number of nitrogens with zero attached hydrogens (tertiary/aromatic N) is 4. The van der Waals surface area contributed by atoms with Gasteiger partial charge in [0.15, 0.2) is 0 Å². The van der Waals surface area contributed by atoms with E-state index in [2.05, 4.69) is 33.3 Å². The van der Waals surface area contributed by atoms with Gasteiger partial charge in [0.1, 0.15) is 5.82 Å². The maximum Gasteiger partial charge on any atom is 0.126 e. The molecule has 2 aromatic heterocycles. The van der Waals surface area contributed by atoms with E-state index in [4.69, 9.17) is 0 Å². The summed E-state index contributed by atoms with van der Waals surface area (Å²) in [7, 11) is 0. The lowest BCUT2D eigenvalue weighted by Gasteiger charge is -2.16. The van der Waals surface area contributed by atoms with Crippen molar-refractivity contribution in [2.24, 2.45) is 5.92 Å². The maximum atomic E-state index is 4.35. The predicted octanol–water partition coefficient (Wildman–Crippen LogP) is 2.02. The molecule has 0 saturated carbocycles. The number of hydrogen-bond acceptors (Lipinski definition) is 4. The van der Waals surface area contributed by atoms with Crippen LogP contribution in [0.1, 0.15) is 12.0 Å². The minimum Gasteiger partial charge on any atom is -0.370 e. The fourth-order valence-electron chi connectivity index (χ4n) is 2.84. The average molecular weight is 285 g/mol. The maximum absolute atomic E-state index is 4.35. The van der Waals surface area contributed by atoms with E-state index in [1.165, 1.54) is 25.1 Å². The second-order valence-electron chi connectivity index (χ2n) is 5.82. The molecule has 112 valence electrons. The summed E-state index contributed by atoms with van der Waals surface area (Å²) in [4.78, 5) is 6.88. The Balaban J connectivity index is 1.40. The Hall–Kier alpha value is -1.88. The normalized spacial score (nSPS) is 19.0. The van der Waals surface area contributed by atoms with Crippen LogP contribution in [0, 0.1) is 12.8 Å². The molecule has 0 aromatic carbocycles. The number of anilines is 1. The molecule has 1 aliphatic rings. The van der Waals surface area contributed by atoms with Gasteiger partial charge in [-0.05, 0) is 49.6 Å². The van der Waals surface area contributed by atoms with E-state index in [1.807, 2.05) is 35.4 Å². The molecule has 0 amide bonds. The third kappa shape index (κ3) is 4.04. The molecule has 0 aliphatic carbocycles. The standard InChI is InChI=1S/C16H23N5/c1-14-3-6-17-16(11-14)18-12-15-4-8-20(13-15)9-10-21-7-2-5-19-21/h2-3,5-7,11,15H,4,8-10,12-13H2,1H3,(H,17,18)/t15-/m1/s1. The molecule has 3 heterocycles. The number of pyridine rings is 1. The molecule has 3 rings (SSSR count). The van der Waals surface area contributed by atoms with E-state index in [9.17, 15) is 0 Å². The fraction of sp³-hybridized carbons (Fsp3) is 0.500. The van der Waals surface area contributed by atoms with Crippen molar-refractivity contribution < 1.29 is 0 Å². The lowest BCUT2D eigenvalue weighted by Crippen LogP contribution is -2.26. The van der Waals surface area contributed by atoms with Gasteiger partial charge in [0, 0.05) is 38.2 Å². The zero-order valence-corrected chi connectivity index (χ0v) is 12.6. The SMILES string of the molecule is Cc1ccnc(NC[C@H]2CCN(CCn3cccn3)C2)c1. The van der Waals surface area contributed by atoms with Crippen LogP contribution in [0.3, 0.4) is 0 Å². The number of nitrogens with one attached hydrogen (secondary N) is 1. The van der Waals surface area contributed by atoms with Crippen molar-refractivity contribution in [3.05, 3.63) is 42.4 Å². The smallest absolute Gasteiger partial charge is 0.126 e. The van der Waals surface area contributed by atoms with Gasteiger partial charge in [-0.1, -0.05) is 0 Å². The molecule has 1 aliphatic heterocycles. The minimum absolute atomic E-state index is 0.713. The van der Waals surface area contributed by atoms with E-state index in [0.717, 1.165) is 25.5 Å². The highest BCUT2D eigenvalue weighted by atomic mass is 15.3. The highest BCUT2D eigenvalue weighted by Gasteiger charge is 2.21. The Morgan fingerprint density at radius 1 is 1.33 bits per heavy atom. The van der Waals surface area contributed by atoms with Crippen LogP contribution >= 0.6 is 0 Å². The van der Waals surface area contributed by atoms with Crippen molar-refractivity contribution >= 4 is 5.82 Å². The molecule has 1 N–H and O–H groups in total. The van der Waals surface area contributed by atoms with E-state index < -0.39 is 0 Å². The van der Waals surface area contributed by atoms with Gasteiger partial charge in [0.2, 0.25) is 0 Å². The molecule has 0 bridgehead atoms. The molecule has 0 unspecified atom stereocenters. The lowest BCUT2D eigenvalue weighted by molar-refractivity contribution is 0.305. The quantitative estimate of drug-likeness (QED) is 0.882. The van der Waals surface area contributed by atoms with E-state index in [-0.39, 0.29) is 0 Å². The van der Waals surface area contributed by atoms with Gasteiger partial charge < -0.3 is 10.2 Å². The van der Waals surface area contributed by atoms with Crippen molar-refractivity contribution in [2.45, 2.75) is 19.9 Å². The second-order valence-corrected chi connectivity index (χ2v) is 5.82. The largest absolute Gasteiger partial charge is 0.370 e. The zero-order chi connectivity index (χ0) is 14.5. The summed E-state index contributed by atoms with van der Waals surface area (Å²) in [6, 6.07) is 6.10. The zero-order valence-electron chi connectivity index (χ0n) is 12.6. The summed E-state index contributed by atoms with van der Waals surface area (Å²) in [5.41, 5.74) is 1.25. The third-order valence-electron chi connectivity index (χ3n) is 4.06. The van der Waals surface area contributed by atoms with Gasteiger partial charge in [0.25, 0.3) is 0 Å². The predicted molar refractivity (Wildman–Crippen MR) is 84.2 cm³/mol. The second kappa shape index (κ2) is 6.72. The Labute approximate surface area is 126 Å². The van der Waals surface area contributed by atoms with Gasteiger partial charge in [-0.25, -0.2) is 4.98 Å². The van der Waals surface area contributed by atoms with Crippen molar-refractivity contribution in [1.29, 1.82) is 0 Å². The summed E-state index contributed by atoms with van der Waals surface area (Å²) in [6.45, 7) is 7.52. The lowest BCUT2D eigenvalue weighted by atomic mass is 10.1. The van der Waals surface area contributed by atoms with Crippen LogP contribution < -0.4 is 5.32 Å². The third-order valence-corrected chi connectivity index (χ3v) is 4.06. The first-order chi connectivity index (χ1) is 10.3. The summed E-state index contributed by atoms with van der Waals surface area (Å²) in [6.07, 6.45) is 6.99. The number of rotatable bonds is 6. The summed E-state index contributed by atoms with van der Waals surface area (Å²) in [5, 5.41) is 7.71. The van der Waals surface area contributed by atoms with Crippen LogP contribution in [-0.4, -0.2) is 45.8 Å². The van der Waals surface area contributed by atoms with Crippen LogP contribution in [-0.2, 0) is 6.54 Å². The fourth-order valence-corrected chi connectivity index (χ4v) is 2.84. The monoisotopic (exact) mass is 285 g/mol. The first-order valence-electron chi connectivity index (χ1n) is 7.66. The molecule has 2 aromatic rings. The van der Waals surface area contributed by atoms with Crippen LogP contribution in [0.5, 0.6) is 0 Å². The van der Waals surface area contributed by atoms with Crippen LogP contribution in [0.15, 0.2) is 36.8 Å². The van der Waals surface area contributed by atoms with Crippen LogP contribution in [0.2, 0.25) is 0 Å². The first-order valence-corrected chi connectivity index (χ1v) is 7.66. The van der Waals surface area contributed by atoms with Crippen LogP contribution in [0.25, 0.3) is 0 Å². The molecule has 1 saturated heterocycles. The molecular formula is C16H23N5.